The van der Waals surface area contributed by atoms with Crippen LogP contribution in [0.3, 0.4) is 0 Å². The summed E-state index contributed by atoms with van der Waals surface area (Å²) >= 11 is 0. The Balaban J connectivity index is 2.61. The third-order valence-corrected chi connectivity index (χ3v) is 4.44. The van der Waals surface area contributed by atoms with Gasteiger partial charge in [0.2, 0.25) is 5.91 Å². The maximum atomic E-state index is 12.5. The van der Waals surface area contributed by atoms with Crippen LogP contribution >= 0.6 is 0 Å². The maximum absolute atomic E-state index is 12.5. The lowest BCUT2D eigenvalue weighted by Gasteiger charge is -2.33. The molecule has 0 saturated heterocycles. The van der Waals surface area contributed by atoms with Gasteiger partial charge in [-0.15, -0.1) is 0 Å². The first kappa shape index (κ1) is 19.0. The summed E-state index contributed by atoms with van der Waals surface area (Å²) in [6, 6.07) is 0.319. The molecular weight excluding hydrogens is 278 g/mol. The second kappa shape index (κ2) is 11.5. The van der Waals surface area contributed by atoms with Gasteiger partial charge in [0.25, 0.3) is 0 Å². The quantitative estimate of drug-likeness (QED) is 0.635. The zero-order valence-corrected chi connectivity index (χ0v) is 14.4. The molecule has 0 spiro atoms. The van der Waals surface area contributed by atoms with Crippen LogP contribution in [0, 0.1) is 0 Å². The van der Waals surface area contributed by atoms with E-state index in [9.17, 15) is 9.59 Å². The van der Waals surface area contributed by atoms with E-state index in [1.54, 1.807) is 0 Å². The van der Waals surface area contributed by atoms with E-state index in [0.29, 0.717) is 32.0 Å². The van der Waals surface area contributed by atoms with Crippen LogP contribution in [-0.4, -0.2) is 36.0 Å². The molecule has 1 saturated carbocycles. The highest BCUT2D eigenvalue weighted by molar-refractivity contribution is 5.77. The second-order valence-electron chi connectivity index (χ2n) is 6.24. The fourth-order valence-corrected chi connectivity index (χ4v) is 3.17. The van der Waals surface area contributed by atoms with Crippen LogP contribution in [-0.2, 0) is 14.3 Å². The number of hydrogen-bond donors (Lipinski definition) is 0. The largest absolute Gasteiger partial charge is 0.466 e. The molecule has 22 heavy (non-hydrogen) atoms. The zero-order valence-electron chi connectivity index (χ0n) is 14.4. The number of amides is 1. The van der Waals surface area contributed by atoms with E-state index in [1.807, 2.05) is 11.8 Å². The molecule has 4 heteroatoms. The molecular formula is C18H33NO3. The number of esters is 1. The third kappa shape index (κ3) is 7.28. The molecule has 1 amide bonds. The van der Waals surface area contributed by atoms with Crippen LogP contribution in [0.5, 0.6) is 0 Å². The van der Waals surface area contributed by atoms with E-state index in [1.165, 1.54) is 32.1 Å². The number of unbranched alkanes of at least 4 members (excludes halogenated alkanes) is 1. The molecule has 0 heterocycles. The minimum Gasteiger partial charge on any atom is -0.466 e. The first-order valence-corrected chi connectivity index (χ1v) is 9.14. The van der Waals surface area contributed by atoms with Crippen molar-refractivity contribution in [3.63, 3.8) is 0 Å². The Kier molecular flexibility index (Phi) is 9.93. The standard InChI is InChI=1S/C18H33NO3/c1-3-5-13-17(20)19(15-14-18(21)22-4-2)16-11-9-7-6-8-10-12-16/h16H,3-15H2,1-2H3. The van der Waals surface area contributed by atoms with Gasteiger partial charge >= 0.3 is 5.97 Å². The van der Waals surface area contributed by atoms with E-state index in [-0.39, 0.29) is 11.9 Å². The fraction of sp³-hybridized carbons (Fsp3) is 0.889. The summed E-state index contributed by atoms with van der Waals surface area (Å²) in [7, 11) is 0. The molecule has 0 unspecified atom stereocenters. The molecule has 1 aliphatic carbocycles. The number of carbonyl (C=O) groups excluding carboxylic acids is 2. The minimum absolute atomic E-state index is 0.193. The Bertz CT molecular complexity index is 322. The van der Waals surface area contributed by atoms with Crippen LogP contribution in [0.25, 0.3) is 0 Å². The summed E-state index contributed by atoms with van der Waals surface area (Å²) < 4.78 is 5.01. The number of hydrogen-bond acceptors (Lipinski definition) is 3. The lowest BCUT2D eigenvalue weighted by molar-refractivity contribution is -0.144. The molecule has 0 radical (unpaired) electrons. The Morgan fingerprint density at radius 3 is 2.23 bits per heavy atom. The second-order valence-corrected chi connectivity index (χ2v) is 6.24. The van der Waals surface area contributed by atoms with Gasteiger partial charge in [-0.3, -0.25) is 9.59 Å². The Morgan fingerprint density at radius 2 is 1.64 bits per heavy atom. The van der Waals surface area contributed by atoms with Gasteiger partial charge in [0.1, 0.15) is 0 Å². The Labute approximate surface area is 135 Å². The smallest absolute Gasteiger partial charge is 0.307 e. The molecule has 0 N–H and O–H groups in total. The number of ether oxygens (including phenoxy) is 1. The summed E-state index contributed by atoms with van der Waals surface area (Å²) in [5, 5.41) is 0. The molecule has 0 aromatic heterocycles. The highest BCUT2D eigenvalue weighted by Gasteiger charge is 2.24. The van der Waals surface area contributed by atoms with E-state index < -0.39 is 0 Å². The first-order valence-electron chi connectivity index (χ1n) is 9.14. The van der Waals surface area contributed by atoms with Gasteiger partial charge in [-0.25, -0.2) is 0 Å². The van der Waals surface area contributed by atoms with Crippen molar-refractivity contribution in [2.24, 2.45) is 0 Å². The average molecular weight is 311 g/mol. The van der Waals surface area contributed by atoms with Gasteiger partial charge in [-0.05, 0) is 26.2 Å². The first-order chi connectivity index (χ1) is 10.7. The van der Waals surface area contributed by atoms with Gasteiger partial charge in [-0.1, -0.05) is 45.4 Å². The SMILES string of the molecule is CCCCC(=O)N(CCC(=O)OCC)C1CCCCCCC1. The Hall–Kier alpha value is -1.06. The average Bonchev–Trinajstić information content (AvgIpc) is 2.47. The van der Waals surface area contributed by atoms with Crippen LogP contribution < -0.4 is 0 Å². The third-order valence-electron chi connectivity index (χ3n) is 4.44. The van der Waals surface area contributed by atoms with Crippen molar-refractivity contribution in [1.29, 1.82) is 0 Å². The summed E-state index contributed by atoms with van der Waals surface area (Å²) in [5.74, 6) is 0.0263. The lowest BCUT2D eigenvalue weighted by atomic mass is 9.95. The molecule has 128 valence electrons. The van der Waals surface area contributed by atoms with Crippen LogP contribution in [0.1, 0.15) is 84.5 Å². The lowest BCUT2D eigenvalue weighted by Crippen LogP contribution is -2.42. The summed E-state index contributed by atoms with van der Waals surface area (Å²) in [5.41, 5.74) is 0. The topological polar surface area (TPSA) is 46.6 Å². The maximum Gasteiger partial charge on any atom is 0.307 e. The normalized spacial score (nSPS) is 16.6. The molecule has 1 rings (SSSR count). The number of nitrogens with zero attached hydrogens (tertiary/aromatic N) is 1. The molecule has 4 nitrogen and oxygen atoms in total. The number of carbonyl (C=O) groups is 2. The monoisotopic (exact) mass is 311 g/mol. The van der Waals surface area contributed by atoms with Crippen LogP contribution in [0.15, 0.2) is 0 Å². The van der Waals surface area contributed by atoms with Gasteiger partial charge in [0.05, 0.1) is 13.0 Å². The molecule has 0 aromatic carbocycles. The minimum atomic E-state index is -0.193. The molecule has 0 aromatic rings. The van der Waals surface area contributed by atoms with Crippen LogP contribution in [0.2, 0.25) is 0 Å². The van der Waals surface area contributed by atoms with E-state index >= 15 is 0 Å². The van der Waals surface area contributed by atoms with Gasteiger partial charge < -0.3 is 9.64 Å². The molecule has 1 fully saturated rings. The van der Waals surface area contributed by atoms with Gasteiger partial charge in [0.15, 0.2) is 0 Å². The van der Waals surface area contributed by atoms with E-state index in [2.05, 4.69) is 6.92 Å². The molecule has 0 aliphatic heterocycles. The van der Waals surface area contributed by atoms with Crippen molar-refractivity contribution in [3.05, 3.63) is 0 Å². The van der Waals surface area contributed by atoms with Gasteiger partial charge in [0, 0.05) is 19.0 Å². The predicted molar refractivity (Wildman–Crippen MR) is 88.6 cm³/mol. The van der Waals surface area contributed by atoms with Crippen molar-refractivity contribution in [1.82, 2.24) is 4.90 Å². The summed E-state index contributed by atoms with van der Waals surface area (Å²) in [6.45, 7) is 4.85. The fourth-order valence-electron chi connectivity index (χ4n) is 3.17. The highest BCUT2D eigenvalue weighted by atomic mass is 16.5. The molecule has 0 bridgehead atoms. The number of rotatable bonds is 8. The van der Waals surface area contributed by atoms with E-state index in [4.69, 9.17) is 4.74 Å². The zero-order chi connectivity index (χ0) is 16.2. The van der Waals surface area contributed by atoms with Gasteiger partial charge in [-0.2, -0.15) is 0 Å². The predicted octanol–water partition coefficient (Wildman–Crippen LogP) is 4.07. The Morgan fingerprint density at radius 1 is 1.00 bits per heavy atom. The molecule has 0 atom stereocenters. The van der Waals surface area contributed by atoms with Crippen molar-refractivity contribution in [2.45, 2.75) is 90.5 Å². The molecule has 1 aliphatic rings. The highest BCUT2D eigenvalue weighted by Crippen LogP contribution is 2.22. The van der Waals surface area contributed by atoms with Crippen molar-refractivity contribution >= 4 is 11.9 Å². The summed E-state index contributed by atoms with van der Waals surface area (Å²) in [4.78, 5) is 26.2. The van der Waals surface area contributed by atoms with Crippen LogP contribution in [0.4, 0.5) is 0 Å². The van der Waals surface area contributed by atoms with Crippen molar-refractivity contribution in [3.8, 4) is 0 Å². The van der Waals surface area contributed by atoms with E-state index in [0.717, 1.165) is 25.7 Å². The van der Waals surface area contributed by atoms with Crippen molar-refractivity contribution < 1.29 is 14.3 Å². The van der Waals surface area contributed by atoms with Crippen molar-refractivity contribution in [2.75, 3.05) is 13.2 Å². The summed E-state index contributed by atoms with van der Waals surface area (Å²) in [6.07, 6.45) is 11.3.